The highest BCUT2D eigenvalue weighted by Crippen LogP contribution is 2.47. The zero-order chi connectivity index (χ0) is 14.7. The van der Waals surface area contributed by atoms with Crippen molar-refractivity contribution in [2.24, 2.45) is 0 Å². The van der Waals surface area contributed by atoms with Crippen LogP contribution in [0.15, 0.2) is 58.3 Å². The molecule has 4 heteroatoms. The molecule has 1 aliphatic heterocycles. The maximum absolute atomic E-state index is 11.7. The summed E-state index contributed by atoms with van der Waals surface area (Å²) in [6.45, 7) is 2.90. The number of para-hydroxylation sites is 2. The molecule has 2 aromatic carbocycles. The standard InChI is InChI=1S/C17H17NO2S/c1-2-20-17(19)11-12-18-13-7-3-5-9-15(13)21-16-10-6-4-8-14(16)18/h3-10H,2,11-12H2,1H3. The van der Waals surface area contributed by atoms with Gasteiger partial charge in [-0.25, -0.2) is 0 Å². The fourth-order valence-corrected chi connectivity index (χ4v) is 3.55. The van der Waals surface area contributed by atoms with Gasteiger partial charge < -0.3 is 9.64 Å². The van der Waals surface area contributed by atoms with Crippen LogP contribution in [0.3, 0.4) is 0 Å². The van der Waals surface area contributed by atoms with Crippen molar-refractivity contribution in [3.8, 4) is 0 Å². The van der Waals surface area contributed by atoms with E-state index < -0.39 is 0 Å². The zero-order valence-electron chi connectivity index (χ0n) is 11.9. The molecule has 0 atom stereocenters. The number of rotatable bonds is 4. The maximum atomic E-state index is 11.7. The summed E-state index contributed by atoms with van der Waals surface area (Å²) in [5, 5.41) is 0. The fraction of sp³-hybridized carbons (Fsp3) is 0.235. The Bertz CT molecular complexity index is 611. The predicted molar refractivity (Wildman–Crippen MR) is 85.3 cm³/mol. The Balaban J connectivity index is 1.89. The van der Waals surface area contributed by atoms with Crippen molar-refractivity contribution in [1.29, 1.82) is 0 Å². The van der Waals surface area contributed by atoms with Crippen molar-refractivity contribution in [2.45, 2.75) is 23.1 Å². The quantitative estimate of drug-likeness (QED) is 0.790. The van der Waals surface area contributed by atoms with E-state index in [-0.39, 0.29) is 5.97 Å². The molecule has 21 heavy (non-hydrogen) atoms. The first-order chi connectivity index (χ1) is 10.3. The third-order valence-electron chi connectivity index (χ3n) is 3.38. The minimum atomic E-state index is -0.148. The molecule has 0 N–H and O–H groups in total. The summed E-state index contributed by atoms with van der Waals surface area (Å²) in [5.74, 6) is -0.148. The Morgan fingerprint density at radius 1 is 1.05 bits per heavy atom. The lowest BCUT2D eigenvalue weighted by molar-refractivity contribution is -0.142. The first kappa shape index (κ1) is 14.0. The molecular formula is C17H17NO2S. The van der Waals surface area contributed by atoms with Crippen molar-refractivity contribution in [3.63, 3.8) is 0 Å². The van der Waals surface area contributed by atoms with Gasteiger partial charge in [0.25, 0.3) is 0 Å². The van der Waals surface area contributed by atoms with E-state index in [0.717, 1.165) is 11.4 Å². The molecule has 0 amide bonds. The molecule has 3 rings (SSSR count). The van der Waals surface area contributed by atoms with Gasteiger partial charge in [0.05, 0.1) is 24.4 Å². The lowest BCUT2D eigenvalue weighted by Gasteiger charge is -2.32. The minimum Gasteiger partial charge on any atom is -0.466 e. The number of nitrogens with zero attached hydrogens (tertiary/aromatic N) is 1. The van der Waals surface area contributed by atoms with Crippen molar-refractivity contribution >= 4 is 29.1 Å². The molecule has 0 unspecified atom stereocenters. The van der Waals surface area contributed by atoms with Crippen LogP contribution in [-0.4, -0.2) is 19.1 Å². The monoisotopic (exact) mass is 299 g/mol. The van der Waals surface area contributed by atoms with E-state index in [1.54, 1.807) is 11.8 Å². The second-order valence-electron chi connectivity index (χ2n) is 4.74. The van der Waals surface area contributed by atoms with Gasteiger partial charge in [-0.1, -0.05) is 36.0 Å². The van der Waals surface area contributed by atoms with Gasteiger partial charge in [-0.05, 0) is 31.2 Å². The van der Waals surface area contributed by atoms with Gasteiger partial charge in [0.15, 0.2) is 0 Å². The normalized spacial score (nSPS) is 12.5. The lowest BCUT2D eigenvalue weighted by atomic mass is 10.2. The van der Waals surface area contributed by atoms with Crippen LogP contribution in [0.4, 0.5) is 11.4 Å². The fourth-order valence-electron chi connectivity index (χ4n) is 2.46. The third kappa shape index (κ3) is 2.90. The predicted octanol–water partition coefficient (Wildman–Crippen LogP) is 4.24. The molecule has 0 saturated carbocycles. The maximum Gasteiger partial charge on any atom is 0.307 e. The molecule has 1 aliphatic rings. The second-order valence-corrected chi connectivity index (χ2v) is 5.83. The van der Waals surface area contributed by atoms with Gasteiger partial charge in [-0.15, -0.1) is 0 Å². The number of esters is 1. The van der Waals surface area contributed by atoms with Gasteiger partial charge in [0, 0.05) is 16.3 Å². The molecule has 108 valence electrons. The van der Waals surface area contributed by atoms with Crippen molar-refractivity contribution in [3.05, 3.63) is 48.5 Å². The molecule has 0 aliphatic carbocycles. The molecule has 0 radical (unpaired) electrons. The Hall–Kier alpha value is -1.94. The largest absolute Gasteiger partial charge is 0.466 e. The molecule has 0 bridgehead atoms. The highest BCUT2D eigenvalue weighted by molar-refractivity contribution is 7.99. The van der Waals surface area contributed by atoms with Crippen molar-refractivity contribution in [2.75, 3.05) is 18.1 Å². The highest BCUT2D eigenvalue weighted by Gasteiger charge is 2.23. The number of carbonyl (C=O) groups excluding carboxylic acids is 1. The number of anilines is 2. The third-order valence-corrected chi connectivity index (χ3v) is 4.51. The van der Waals surface area contributed by atoms with E-state index in [9.17, 15) is 4.79 Å². The number of hydrogen-bond donors (Lipinski definition) is 0. The van der Waals surface area contributed by atoms with Crippen LogP contribution < -0.4 is 4.90 Å². The first-order valence-electron chi connectivity index (χ1n) is 7.08. The van der Waals surface area contributed by atoms with Crippen LogP contribution in [0.5, 0.6) is 0 Å². The van der Waals surface area contributed by atoms with Crippen molar-refractivity contribution in [1.82, 2.24) is 0 Å². The molecule has 3 nitrogen and oxygen atoms in total. The summed E-state index contributed by atoms with van der Waals surface area (Å²) >= 11 is 1.77. The minimum absolute atomic E-state index is 0.148. The summed E-state index contributed by atoms with van der Waals surface area (Å²) < 4.78 is 5.04. The van der Waals surface area contributed by atoms with Crippen molar-refractivity contribution < 1.29 is 9.53 Å². The summed E-state index contributed by atoms with van der Waals surface area (Å²) in [6.07, 6.45) is 0.390. The van der Waals surface area contributed by atoms with Gasteiger partial charge in [-0.3, -0.25) is 4.79 Å². The van der Waals surface area contributed by atoms with Gasteiger partial charge in [0.2, 0.25) is 0 Å². The molecule has 0 aromatic heterocycles. The lowest BCUT2D eigenvalue weighted by Crippen LogP contribution is -2.24. The van der Waals surface area contributed by atoms with E-state index in [4.69, 9.17) is 4.74 Å². The molecule has 0 spiro atoms. The zero-order valence-corrected chi connectivity index (χ0v) is 12.7. The summed E-state index contributed by atoms with van der Waals surface area (Å²) in [4.78, 5) is 16.3. The summed E-state index contributed by atoms with van der Waals surface area (Å²) in [6, 6.07) is 16.6. The average Bonchev–Trinajstić information content (AvgIpc) is 2.51. The highest BCUT2D eigenvalue weighted by atomic mass is 32.2. The molecule has 0 saturated heterocycles. The van der Waals surface area contributed by atoms with E-state index in [1.165, 1.54) is 9.79 Å². The topological polar surface area (TPSA) is 29.5 Å². The first-order valence-corrected chi connectivity index (χ1v) is 7.90. The van der Waals surface area contributed by atoms with Gasteiger partial charge in [0.1, 0.15) is 0 Å². The molecular weight excluding hydrogens is 282 g/mol. The SMILES string of the molecule is CCOC(=O)CCN1c2ccccc2Sc2ccccc21. The van der Waals surface area contributed by atoms with Gasteiger partial charge in [-0.2, -0.15) is 0 Å². The number of benzene rings is 2. The van der Waals surface area contributed by atoms with Crippen LogP contribution in [0.1, 0.15) is 13.3 Å². The average molecular weight is 299 g/mol. The van der Waals surface area contributed by atoms with Crippen LogP contribution in [0.25, 0.3) is 0 Å². The van der Waals surface area contributed by atoms with Crippen LogP contribution in [0, 0.1) is 0 Å². The Morgan fingerprint density at radius 2 is 1.62 bits per heavy atom. The van der Waals surface area contributed by atoms with E-state index in [0.29, 0.717) is 19.6 Å². The molecule has 2 aromatic rings. The van der Waals surface area contributed by atoms with E-state index in [1.807, 2.05) is 31.2 Å². The van der Waals surface area contributed by atoms with Crippen LogP contribution in [-0.2, 0) is 9.53 Å². The summed E-state index contributed by atoms with van der Waals surface area (Å²) in [7, 11) is 0. The molecule has 0 fully saturated rings. The van der Waals surface area contributed by atoms with E-state index in [2.05, 4.69) is 29.2 Å². The number of ether oxygens (including phenoxy) is 1. The van der Waals surface area contributed by atoms with Gasteiger partial charge >= 0.3 is 5.97 Å². The number of fused-ring (bicyclic) bond motifs is 2. The van der Waals surface area contributed by atoms with Crippen LogP contribution in [0.2, 0.25) is 0 Å². The number of hydrogen-bond acceptors (Lipinski definition) is 4. The van der Waals surface area contributed by atoms with E-state index >= 15 is 0 Å². The number of carbonyl (C=O) groups is 1. The smallest absolute Gasteiger partial charge is 0.307 e. The molecule has 1 heterocycles. The Morgan fingerprint density at radius 3 is 2.19 bits per heavy atom. The second kappa shape index (κ2) is 6.22. The Labute approximate surface area is 128 Å². The summed E-state index contributed by atoms with van der Waals surface area (Å²) in [5.41, 5.74) is 2.32. The Kier molecular flexibility index (Phi) is 4.15. The van der Waals surface area contributed by atoms with Crippen LogP contribution >= 0.6 is 11.8 Å².